The van der Waals surface area contributed by atoms with Gasteiger partial charge >= 0.3 is 0 Å². The second-order valence-electron chi connectivity index (χ2n) is 12.6. The standard InChI is InChI=1S/C36H33ClN2O6/c1-4-19-10-12-22(13-11-19)38-32(41)24-15-14-23-25(29(24)34(38)43)18-26-33(42)39(21-8-6-5-7-9-21)35(44)36(26,2)30(23)20-16-27(37)31(40)28(17-20)45-3/h5-14,16-17,24-26,29-30,40H,4,15,18H2,1-3H3/t24-,25+,26-,29-,30-,36+/m0/s1. The first-order valence-corrected chi connectivity index (χ1v) is 15.7. The highest BCUT2D eigenvalue weighted by molar-refractivity contribution is 6.32. The van der Waals surface area contributed by atoms with E-state index < -0.39 is 35.0 Å². The summed E-state index contributed by atoms with van der Waals surface area (Å²) in [6.07, 6.45) is 3.40. The number of anilines is 2. The molecule has 0 bridgehead atoms. The molecule has 4 amide bonds. The first-order valence-electron chi connectivity index (χ1n) is 15.3. The minimum Gasteiger partial charge on any atom is -0.503 e. The van der Waals surface area contributed by atoms with Crippen LogP contribution in [0.25, 0.3) is 0 Å². The molecule has 9 heteroatoms. The molecule has 2 saturated heterocycles. The largest absolute Gasteiger partial charge is 0.503 e. The molecule has 2 heterocycles. The topological polar surface area (TPSA) is 104 Å². The fraction of sp³-hybridized carbons (Fsp3) is 0.333. The van der Waals surface area contributed by atoms with Gasteiger partial charge in [0, 0.05) is 5.92 Å². The van der Waals surface area contributed by atoms with Gasteiger partial charge in [0.05, 0.1) is 46.7 Å². The Morgan fingerprint density at radius 1 is 0.911 bits per heavy atom. The van der Waals surface area contributed by atoms with E-state index in [9.17, 15) is 24.3 Å². The van der Waals surface area contributed by atoms with Crippen molar-refractivity contribution in [3.8, 4) is 11.5 Å². The number of phenolic OH excluding ortho intramolecular Hbond substituents is 1. The van der Waals surface area contributed by atoms with Gasteiger partial charge in [0.2, 0.25) is 23.6 Å². The Labute approximate surface area is 266 Å². The number of para-hydroxylation sites is 1. The molecule has 3 aromatic carbocycles. The molecule has 3 fully saturated rings. The molecule has 0 radical (unpaired) electrons. The minimum absolute atomic E-state index is 0.0476. The van der Waals surface area contributed by atoms with Crippen molar-refractivity contribution in [2.24, 2.45) is 29.1 Å². The zero-order valence-electron chi connectivity index (χ0n) is 25.2. The van der Waals surface area contributed by atoms with Gasteiger partial charge in [0.25, 0.3) is 0 Å². The van der Waals surface area contributed by atoms with E-state index in [1.807, 2.05) is 50.3 Å². The Bertz CT molecular complexity index is 1790. The van der Waals surface area contributed by atoms with Crippen LogP contribution in [0.2, 0.25) is 5.02 Å². The number of aromatic hydroxyl groups is 1. The third kappa shape index (κ3) is 4.11. The van der Waals surface area contributed by atoms with Crippen LogP contribution in [0.3, 0.4) is 0 Å². The maximum atomic E-state index is 14.5. The number of carbonyl (C=O) groups excluding carboxylic acids is 4. The van der Waals surface area contributed by atoms with E-state index >= 15 is 0 Å². The summed E-state index contributed by atoms with van der Waals surface area (Å²) in [7, 11) is 1.42. The molecule has 230 valence electrons. The second kappa shape index (κ2) is 10.6. The van der Waals surface area contributed by atoms with E-state index in [0.717, 1.165) is 17.6 Å². The van der Waals surface area contributed by atoms with Gasteiger partial charge in [0.1, 0.15) is 0 Å². The molecule has 0 aromatic heterocycles. The van der Waals surface area contributed by atoms with E-state index in [4.69, 9.17) is 16.3 Å². The lowest BCUT2D eigenvalue weighted by Gasteiger charge is -2.49. The quantitative estimate of drug-likeness (QED) is 0.274. The van der Waals surface area contributed by atoms with Gasteiger partial charge in [-0.1, -0.05) is 60.5 Å². The monoisotopic (exact) mass is 624 g/mol. The number of halogens is 1. The van der Waals surface area contributed by atoms with Crippen molar-refractivity contribution in [2.45, 2.75) is 39.0 Å². The first-order chi connectivity index (χ1) is 21.6. The number of amides is 4. The zero-order valence-corrected chi connectivity index (χ0v) is 26.0. The number of phenols is 1. The summed E-state index contributed by atoms with van der Waals surface area (Å²) in [5, 5.41) is 10.6. The molecule has 7 rings (SSSR count). The molecular formula is C36H33ClN2O6. The predicted octanol–water partition coefficient (Wildman–Crippen LogP) is 6.05. The number of imide groups is 2. The third-order valence-electron chi connectivity index (χ3n) is 10.5. The van der Waals surface area contributed by atoms with Gasteiger partial charge in [-0.25, -0.2) is 4.90 Å². The number of allylic oxidation sites excluding steroid dienone is 2. The van der Waals surface area contributed by atoms with Crippen molar-refractivity contribution < 1.29 is 29.0 Å². The van der Waals surface area contributed by atoms with E-state index in [0.29, 0.717) is 23.4 Å². The Hall–Kier alpha value is -4.43. The number of hydrogen-bond donors (Lipinski definition) is 1. The molecule has 0 spiro atoms. The van der Waals surface area contributed by atoms with E-state index in [2.05, 4.69) is 0 Å². The summed E-state index contributed by atoms with van der Waals surface area (Å²) in [5.41, 5.74) is 2.31. The maximum Gasteiger partial charge on any atom is 0.241 e. The average molecular weight is 625 g/mol. The van der Waals surface area contributed by atoms with Crippen molar-refractivity contribution in [1.29, 1.82) is 0 Å². The number of methoxy groups -OCH3 is 1. The van der Waals surface area contributed by atoms with Crippen LogP contribution in [0.1, 0.15) is 43.7 Å². The smallest absolute Gasteiger partial charge is 0.241 e. The Kier molecular flexibility index (Phi) is 6.89. The Balaban J connectivity index is 1.37. The van der Waals surface area contributed by atoms with Gasteiger partial charge in [-0.2, -0.15) is 0 Å². The van der Waals surface area contributed by atoms with Crippen LogP contribution in [0, 0.1) is 29.1 Å². The molecule has 4 aliphatic rings. The summed E-state index contributed by atoms with van der Waals surface area (Å²) >= 11 is 6.49. The van der Waals surface area contributed by atoms with E-state index in [1.54, 1.807) is 36.4 Å². The van der Waals surface area contributed by atoms with Crippen molar-refractivity contribution in [2.75, 3.05) is 16.9 Å². The molecule has 8 nitrogen and oxygen atoms in total. The number of rotatable bonds is 5. The highest BCUT2D eigenvalue weighted by Crippen LogP contribution is 2.64. The molecule has 1 saturated carbocycles. The van der Waals surface area contributed by atoms with Gasteiger partial charge in [0.15, 0.2) is 11.5 Å². The SMILES string of the molecule is CCc1ccc(N2C(=O)[C@H]3[C@H](CC=C4[C@H]3C[C@H]3C(=O)N(c5ccccc5)C(=O)[C@@]3(C)[C@H]4c3cc(Cl)c(O)c(OC)c3)C2=O)cc1. The summed E-state index contributed by atoms with van der Waals surface area (Å²) in [6.45, 7) is 3.85. The fourth-order valence-corrected chi connectivity index (χ4v) is 8.49. The summed E-state index contributed by atoms with van der Waals surface area (Å²) in [6, 6.07) is 19.6. The van der Waals surface area contributed by atoms with Crippen molar-refractivity contribution >= 4 is 46.6 Å². The molecular weight excluding hydrogens is 592 g/mol. The predicted molar refractivity (Wildman–Crippen MR) is 169 cm³/mol. The normalized spacial score (nSPS) is 29.0. The fourth-order valence-electron chi connectivity index (χ4n) is 8.27. The molecule has 0 unspecified atom stereocenters. The molecule has 45 heavy (non-hydrogen) atoms. The summed E-state index contributed by atoms with van der Waals surface area (Å²) in [4.78, 5) is 59.4. The van der Waals surface area contributed by atoms with Crippen LogP contribution < -0.4 is 14.5 Å². The van der Waals surface area contributed by atoms with Gasteiger partial charge in [-0.05, 0) is 79.6 Å². The summed E-state index contributed by atoms with van der Waals surface area (Å²) in [5.74, 6) is -4.45. The van der Waals surface area contributed by atoms with Crippen molar-refractivity contribution in [3.63, 3.8) is 0 Å². The minimum atomic E-state index is -1.23. The summed E-state index contributed by atoms with van der Waals surface area (Å²) < 4.78 is 5.43. The molecule has 2 aliphatic heterocycles. The number of benzene rings is 3. The number of ether oxygens (including phenoxy) is 1. The molecule has 3 aromatic rings. The van der Waals surface area contributed by atoms with Crippen LogP contribution in [-0.4, -0.2) is 35.8 Å². The number of fused-ring (bicyclic) bond motifs is 4. The number of nitrogens with zero attached hydrogens (tertiary/aromatic N) is 2. The highest BCUT2D eigenvalue weighted by Gasteiger charge is 2.67. The number of aryl methyl sites for hydroxylation is 1. The third-order valence-corrected chi connectivity index (χ3v) is 10.8. The molecule has 1 N–H and O–H groups in total. The molecule has 6 atom stereocenters. The van der Waals surface area contributed by atoms with Crippen LogP contribution in [0.5, 0.6) is 11.5 Å². The number of carbonyl (C=O) groups is 4. The van der Waals surface area contributed by atoms with Crippen LogP contribution in [0.15, 0.2) is 78.4 Å². The van der Waals surface area contributed by atoms with Gasteiger partial charge in [-0.15, -0.1) is 0 Å². The Morgan fingerprint density at radius 3 is 2.27 bits per heavy atom. The van der Waals surface area contributed by atoms with E-state index in [-0.39, 0.29) is 46.6 Å². The second-order valence-corrected chi connectivity index (χ2v) is 13.0. The van der Waals surface area contributed by atoms with E-state index in [1.165, 1.54) is 16.9 Å². The maximum absolute atomic E-state index is 14.5. The first kappa shape index (κ1) is 29.3. The number of hydrogen-bond acceptors (Lipinski definition) is 6. The molecule has 2 aliphatic carbocycles. The lowest BCUT2D eigenvalue weighted by Crippen LogP contribution is -2.48. The lowest BCUT2D eigenvalue weighted by atomic mass is 9.51. The highest BCUT2D eigenvalue weighted by atomic mass is 35.5. The zero-order chi connectivity index (χ0) is 31.8. The lowest BCUT2D eigenvalue weighted by molar-refractivity contribution is -0.131. The van der Waals surface area contributed by atoms with Crippen LogP contribution >= 0.6 is 11.6 Å². The van der Waals surface area contributed by atoms with Crippen LogP contribution in [-0.2, 0) is 25.6 Å². The van der Waals surface area contributed by atoms with Gasteiger partial charge in [-0.3, -0.25) is 24.1 Å². The van der Waals surface area contributed by atoms with Crippen molar-refractivity contribution in [3.05, 3.63) is 94.5 Å². The van der Waals surface area contributed by atoms with Crippen molar-refractivity contribution in [1.82, 2.24) is 0 Å². The average Bonchev–Trinajstić information content (AvgIpc) is 3.42. The van der Waals surface area contributed by atoms with Crippen LogP contribution in [0.4, 0.5) is 11.4 Å². The Morgan fingerprint density at radius 2 is 1.60 bits per heavy atom. The van der Waals surface area contributed by atoms with Gasteiger partial charge < -0.3 is 9.84 Å².